The fourth-order valence-electron chi connectivity index (χ4n) is 4.09. The number of pyridine rings is 1. The second-order valence-electron chi connectivity index (χ2n) is 10.8. The first-order valence-electron chi connectivity index (χ1n) is 12.6. The summed E-state index contributed by atoms with van der Waals surface area (Å²) in [6, 6.07) is 14.1. The molecular formula is C29H33N5O5S2. The highest BCUT2D eigenvalue weighted by molar-refractivity contribution is 7.92. The third-order valence-corrected chi connectivity index (χ3v) is 7.96. The molecule has 0 fully saturated rings. The minimum Gasteiger partial charge on any atom is -0.492 e. The lowest BCUT2D eigenvalue weighted by atomic mass is 9.86. The average Bonchev–Trinajstić information content (AvgIpc) is 3.33. The number of rotatable bonds is 8. The van der Waals surface area contributed by atoms with Crippen LogP contribution in [0.1, 0.15) is 46.4 Å². The molecule has 2 aromatic heterocycles. The number of amides is 2. The van der Waals surface area contributed by atoms with E-state index in [9.17, 15) is 18.0 Å². The number of nitrogens with zero attached hydrogens (tertiary/aromatic N) is 2. The van der Waals surface area contributed by atoms with E-state index in [2.05, 4.69) is 20.3 Å². The molecule has 216 valence electrons. The maximum absolute atomic E-state index is 13.5. The van der Waals surface area contributed by atoms with Gasteiger partial charge in [-0.15, -0.1) is 11.3 Å². The molecule has 3 N–H and O–H groups in total. The number of methoxy groups -OCH3 is 1. The lowest BCUT2D eigenvalue weighted by molar-refractivity contribution is 0.102. The van der Waals surface area contributed by atoms with Gasteiger partial charge in [0.15, 0.2) is 5.75 Å². The number of fused-ring (bicyclic) bond motifs is 1. The fourth-order valence-corrected chi connectivity index (χ4v) is 5.66. The zero-order valence-corrected chi connectivity index (χ0v) is 25.6. The molecule has 0 spiro atoms. The smallest absolute Gasteiger partial charge is 0.265 e. The van der Waals surface area contributed by atoms with Gasteiger partial charge in [0.2, 0.25) is 10.0 Å². The van der Waals surface area contributed by atoms with E-state index >= 15 is 0 Å². The van der Waals surface area contributed by atoms with Gasteiger partial charge < -0.3 is 20.3 Å². The molecule has 0 bridgehead atoms. The molecule has 12 heteroatoms. The maximum Gasteiger partial charge on any atom is 0.265 e. The first-order valence-corrected chi connectivity index (χ1v) is 15.4. The van der Waals surface area contributed by atoms with Crippen molar-refractivity contribution < 1.29 is 22.7 Å². The van der Waals surface area contributed by atoms with Crippen LogP contribution < -0.4 is 25.0 Å². The van der Waals surface area contributed by atoms with E-state index in [0.717, 1.165) is 27.7 Å². The van der Waals surface area contributed by atoms with E-state index in [0.29, 0.717) is 21.8 Å². The predicted molar refractivity (Wildman–Crippen MR) is 166 cm³/mol. The molecule has 2 heterocycles. The summed E-state index contributed by atoms with van der Waals surface area (Å²) in [6.07, 6.45) is 2.57. The van der Waals surface area contributed by atoms with E-state index in [-0.39, 0.29) is 22.8 Å². The summed E-state index contributed by atoms with van der Waals surface area (Å²) >= 11 is 1.23. The summed E-state index contributed by atoms with van der Waals surface area (Å²) in [5.74, 6) is 0.215. The molecule has 4 rings (SSSR count). The van der Waals surface area contributed by atoms with Crippen LogP contribution in [0.2, 0.25) is 0 Å². The molecule has 2 aromatic carbocycles. The average molecular weight is 596 g/mol. The fraction of sp³-hybridized carbons (Fsp3) is 0.276. The zero-order valence-electron chi connectivity index (χ0n) is 23.9. The van der Waals surface area contributed by atoms with E-state index in [1.165, 1.54) is 24.6 Å². The van der Waals surface area contributed by atoms with Crippen LogP contribution in [0.5, 0.6) is 5.75 Å². The number of carbonyl (C=O) groups excluding carboxylic acids is 2. The third-order valence-electron chi connectivity index (χ3n) is 6.19. The van der Waals surface area contributed by atoms with Crippen LogP contribution >= 0.6 is 11.3 Å². The van der Waals surface area contributed by atoms with E-state index < -0.39 is 15.9 Å². The highest BCUT2D eigenvalue weighted by Crippen LogP contribution is 2.40. The summed E-state index contributed by atoms with van der Waals surface area (Å²) in [4.78, 5) is 32.9. The number of hydrogen-bond acceptors (Lipinski definition) is 8. The van der Waals surface area contributed by atoms with Crippen LogP contribution in [0.25, 0.3) is 10.1 Å². The Morgan fingerprint density at radius 2 is 1.63 bits per heavy atom. The number of anilines is 4. The van der Waals surface area contributed by atoms with Gasteiger partial charge in [-0.05, 0) is 52.8 Å². The van der Waals surface area contributed by atoms with Crippen molar-refractivity contribution in [1.29, 1.82) is 0 Å². The Bertz CT molecular complexity index is 1720. The van der Waals surface area contributed by atoms with Crippen LogP contribution in [-0.2, 0) is 15.4 Å². The van der Waals surface area contributed by atoms with Gasteiger partial charge in [-0.2, -0.15) is 0 Å². The lowest BCUT2D eigenvalue weighted by Crippen LogP contribution is -2.18. The van der Waals surface area contributed by atoms with Gasteiger partial charge in [-0.25, -0.2) is 13.4 Å². The largest absolute Gasteiger partial charge is 0.492 e. The highest BCUT2D eigenvalue weighted by Gasteiger charge is 2.23. The van der Waals surface area contributed by atoms with Crippen LogP contribution in [-0.4, -0.2) is 52.7 Å². The SMILES string of the molecule is COc1c(NC(=O)c2cc3cccc(NC(=O)c4ccc(N(C)C)nc4)c3s2)cc(C(C)(C)C)cc1NS(C)(=O)=O. The molecule has 0 aliphatic rings. The first-order chi connectivity index (χ1) is 19.2. The van der Waals surface area contributed by atoms with E-state index in [1.807, 2.05) is 45.8 Å². The molecule has 0 aliphatic carbocycles. The second-order valence-corrected chi connectivity index (χ2v) is 13.6. The minimum absolute atomic E-state index is 0.194. The summed E-state index contributed by atoms with van der Waals surface area (Å²) in [5, 5.41) is 6.60. The standard InChI is InChI=1S/C29H33N5O5S2/c1-29(2,3)19-14-21(25(39-6)22(15-19)33-41(7,37)38)32-28(36)23-13-17-9-8-10-20(26(17)40-23)31-27(35)18-11-12-24(30-16-18)34(4)5/h8-16,33H,1-7H3,(H,31,35)(H,32,36). The van der Waals surface area contributed by atoms with Crippen molar-refractivity contribution >= 4 is 66.1 Å². The van der Waals surface area contributed by atoms with Gasteiger partial charge in [-0.1, -0.05) is 32.9 Å². The van der Waals surface area contributed by atoms with E-state index in [1.54, 1.807) is 42.5 Å². The number of sulfonamides is 1. The number of aromatic nitrogens is 1. The topological polar surface area (TPSA) is 130 Å². The Morgan fingerprint density at radius 1 is 0.951 bits per heavy atom. The second kappa shape index (κ2) is 11.4. The monoisotopic (exact) mass is 595 g/mol. The first kappa shape index (κ1) is 29.8. The van der Waals surface area contributed by atoms with Gasteiger partial charge in [-0.3, -0.25) is 14.3 Å². The Labute approximate surface area is 243 Å². The number of nitrogens with one attached hydrogen (secondary N) is 3. The number of hydrogen-bond donors (Lipinski definition) is 3. The molecule has 0 saturated heterocycles. The maximum atomic E-state index is 13.5. The number of carbonyl (C=O) groups is 2. The Morgan fingerprint density at radius 3 is 2.22 bits per heavy atom. The molecule has 0 saturated carbocycles. The molecule has 41 heavy (non-hydrogen) atoms. The molecule has 0 unspecified atom stereocenters. The van der Waals surface area contributed by atoms with Crippen molar-refractivity contribution in [3.63, 3.8) is 0 Å². The molecule has 0 radical (unpaired) electrons. The molecule has 4 aromatic rings. The van der Waals surface area contributed by atoms with Crippen molar-refractivity contribution in [3.8, 4) is 5.75 Å². The summed E-state index contributed by atoms with van der Waals surface area (Å²) in [5.41, 5.74) is 2.00. The van der Waals surface area contributed by atoms with Crippen molar-refractivity contribution in [2.75, 3.05) is 47.7 Å². The molecular weight excluding hydrogens is 562 g/mol. The summed E-state index contributed by atoms with van der Waals surface area (Å²) < 4.78 is 32.8. The van der Waals surface area contributed by atoms with Gasteiger partial charge in [0.1, 0.15) is 5.82 Å². The lowest BCUT2D eigenvalue weighted by Gasteiger charge is -2.23. The normalized spacial score (nSPS) is 11.7. The van der Waals surface area contributed by atoms with Crippen LogP contribution in [0, 0.1) is 0 Å². The molecule has 0 atom stereocenters. The van der Waals surface area contributed by atoms with Crippen molar-refractivity contribution in [2.45, 2.75) is 26.2 Å². The zero-order chi connectivity index (χ0) is 30.1. The van der Waals surface area contributed by atoms with Crippen LogP contribution in [0.15, 0.2) is 54.7 Å². The van der Waals surface area contributed by atoms with Gasteiger partial charge >= 0.3 is 0 Å². The van der Waals surface area contributed by atoms with Crippen molar-refractivity contribution in [3.05, 3.63) is 70.7 Å². The van der Waals surface area contributed by atoms with Gasteiger partial charge in [0.25, 0.3) is 11.8 Å². The van der Waals surface area contributed by atoms with Crippen LogP contribution in [0.4, 0.5) is 22.9 Å². The van der Waals surface area contributed by atoms with E-state index in [4.69, 9.17) is 4.74 Å². The quantitative estimate of drug-likeness (QED) is 0.244. The molecule has 0 aliphatic heterocycles. The molecule has 2 amide bonds. The Balaban J connectivity index is 1.65. The number of benzene rings is 2. The van der Waals surface area contributed by atoms with Gasteiger partial charge in [0, 0.05) is 20.3 Å². The van der Waals surface area contributed by atoms with Crippen molar-refractivity contribution in [1.82, 2.24) is 4.98 Å². The number of ether oxygens (including phenoxy) is 1. The third kappa shape index (κ3) is 6.95. The Hall–Kier alpha value is -4.16. The predicted octanol–water partition coefficient (Wildman–Crippen LogP) is 5.54. The number of thiophene rings is 1. The van der Waals surface area contributed by atoms with Gasteiger partial charge in [0.05, 0.1) is 45.6 Å². The Kier molecular flexibility index (Phi) is 8.27. The van der Waals surface area contributed by atoms with Crippen LogP contribution in [0.3, 0.4) is 0 Å². The minimum atomic E-state index is -3.61. The highest BCUT2D eigenvalue weighted by atomic mass is 32.2. The molecule has 10 nitrogen and oxygen atoms in total. The summed E-state index contributed by atoms with van der Waals surface area (Å²) in [6.45, 7) is 5.96. The van der Waals surface area contributed by atoms with Crippen molar-refractivity contribution in [2.24, 2.45) is 0 Å². The summed E-state index contributed by atoms with van der Waals surface area (Å²) in [7, 11) is 1.54.